The van der Waals surface area contributed by atoms with Crippen molar-refractivity contribution in [1.29, 1.82) is 0 Å². The molecule has 1 fully saturated rings. The molecule has 1 aliphatic rings. The zero-order chi connectivity index (χ0) is 25.1. The van der Waals surface area contributed by atoms with Gasteiger partial charge in [0.1, 0.15) is 5.82 Å². The average molecular weight is 501 g/mol. The summed E-state index contributed by atoms with van der Waals surface area (Å²) in [5.41, 5.74) is -1.38. The van der Waals surface area contributed by atoms with Gasteiger partial charge in [-0.2, -0.15) is 0 Å². The standard InChI is InChI=1S/C23H25FN6O4S/c1-3-23(24,19-11-16(9-10-26-19)30-35(32,33)17-6-7-17)22(31)29-20-8-5-15(12-27-20)18-13-25-14-21(28-18)34-4-2/h5,8-14,17H,3-4,6-7H2,1-2H3,(H,26,30)(H,27,29,31)/t23-/m1/s1. The van der Waals surface area contributed by atoms with Crippen LogP contribution in [0.4, 0.5) is 15.9 Å². The van der Waals surface area contributed by atoms with Crippen LogP contribution in [0.2, 0.25) is 0 Å². The monoisotopic (exact) mass is 500 g/mol. The van der Waals surface area contributed by atoms with Crippen molar-refractivity contribution in [2.24, 2.45) is 0 Å². The molecule has 0 saturated heterocycles. The predicted molar refractivity (Wildman–Crippen MR) is 128 cm³/mol. The van der Waals surface area contributed by atoms with Gasteiger partial charge in [-0.05, 0) is 50.5 Å². The van der Waals surface area contributed by atoms with Crippen LogP contribution >= 0.6 is 0 Å². The summed E-state index contributed by atoms with van der Waals surface area (Å²) in [7, 11) is -3.54. The van der Waals surface area contributed by atoms with E-state index in [1.807, 2.05) is 6.92 Å². The van der Waals surface area contributed by atoms with E-state index in [0.29, 0.717) is 36.6 Å². The summed E-state index contributed by atoms with van der Waals surface area (Å²) < 4.78 is 48.1. The summed E-state index contributed by atoms with van der Waals surface area (Å²) in [4.78, 5) is 29.5. The fourth-order valence-corrected chi connectivity index (χ4v) is 4.71. The molecule has 0 aliphatic heterocycles. The Kier molecular flexibility index (Phi) is 6.92. The van der Waals surface area contributed by atoms with Crippen molar-refractivity contribution >= 4 is 27.4 Å². The smallest absolute Gasteiger partial charge is 0.269 e. The first-order chi connectivity index (χ1) is 16.7. The van der Waals surface area contributed by atoms with Gasteiger partial charge in [0.2, 0.25) is 21.6 Å². The van der Waals surface area contributed by atoms with Gasteiger partial charge in [0.25, 0.3) is 5.91 Å². The number of nitrogens with zero attached hydrogens (tertiary/aromatic N) is 4. The number of sulfonamides is 1. The molecule has 12 heteroatoms. The SMILES string of the molecule is CCOc1cncc(-c2ccc(NC(=O)[C@@](F)(CC)c3cc(NS(=O)(=O)C4CC4)ccn3)nc2)n1. The van der Waals surface area contributed by atoms with E-state index in [9.17, 15) is 13.2 Å². The summed E-state index contributed by atoms with van der Waals surface area (Å²) in [6.07, 6.45) is 6.76. The van der Waals surface area contributed by atoms with Gasteiger partial charge in [-0.3, -0.25) is 19.5 Å². The predicted octanol–water partition coefficient (Wildman–Crippen LogP) is 3.45. The molecule has 3 aromatic rings. The molecule has 1 atom stereocenters. The molecule has 1 saturated carbocycles. The van der Waals surface area contributed by atoms with Crippen LogP contribution in [-0.2, 0) is 20.5 Å². The highest BCUT2D eigenvalue weighted by Gasteiger charge is 2.41. The molecule has 184 valence electrons. The highest BCUT2D eigenvalue weighted by atomic mass is 32.2. The number of halogens is 1. The molecule has 0 bridgehead atoms. The number of nitrogens with one attached hydrogen (secondary N) is 2. The number of amides is 1. The number of carbonyl (C=O) groups excluding carboxylic acids is 1. The topological polar surface area (TPSA) is 136 Å². The Morgan fingerprint density at radius 1 is 1.17 bits per heavy atom. The summed E-state index contributed by atoms with van der Waals surface area (Å²) in [5, 5.41) is 2.03. The zero-order valence-electron chi connectivity index (χ0n) is 19.2. The third-order valence-corrected chi connectivity index (χ3v) is 7.31. The van der Waals surface area contributed by atoms with Gasteiger partial charge in [0, 0.05) is 18.0 Å². The number of aromatic nitrogens is 4. The van der Waals surface area contributed by atoms with Crippen molar-refractivity contribution < 1.29 is 22.3 Å². The minimum Gasteiger partial charge on any atom is -0.477 e. The van der Waals surface area contributed by atoms with Crippen molar-refractivity contribution in [2.45, 2.75) is 44.0 Å². The summed E-state index contributed by atoms with van der Waals surface area (Å²) in [6.45, 7) is 3.80. The Labute approximate surface area is 202 Å². The molecule has 0 spiro atoms. The van der Waals surface area contributed by atoms with E-state index in [4.69, 9.17) is 4.74 Å². The maximum Gasteiger partial charge on any atom is 0.269 e. The third kappa shape index (κ3) is 5.53. The fourth-order valence-electron chi connectivity index (χ4n) is 3.33. The van der Waals surface area contributed by atoms with Crippen LogP contribution in [0.3, 0.4) is 0 Å². The number of alkyl halides is 1. The van der Waals surface area contributed by atoms with Gasteiger partial charge in [0.15, 0.2) is 0 Å². The van der Waals surface area contributed by atoms with E-state index in [2.05, 4.69) is 30.0 Å². The number of anilines is 2. The van der Waals surface area contributed by atoms with Gasteiger partial charge in [-0.25, -0.2) is 22.8 Å². The normalized spacial score (nSPS) is 15.2. The number of hydrogen-bond acceptors (Lipinski definition) is 8. The second kappa shape index (κ2) is 9.90. The summed E-state index contributed by atoms with van der Waals surface area (Å²) in [6, 6.07) is 5.84. The lowest BCUT2D eigenvalue weighted by molar-refractivity contribution is -0.128. The van der Waals surface area contributed by atoms with Gasteiger partial charge < -0.3 is 10.1 Å². The molecule has 1 amide bonds. The fraction of sp³-hybridized carbons (Fsp3) is 0.348. The lowest BCUT2D eigenvalue weighted by Crippen LogP contribution is -2.37. The van der Waals surface area contributed by atoms with E-state index < -0.39 is 26.8 Å². The zero-order valence-corrected chi connectivity index (χ0v) is 20.0. The molecule has 0 radical (unpaired) electrons. The average Bonchev–Trinajstić information content (AvgIpc) is 3.71. The molecule has 0 unspecified atom stereocenters. The van der Waals surface area contributed by atoms with Crippen LogP contribution < -0.4 is 14.8 Å². The Bertz CT molecular complexity index is 1320. The van der Waals surface area contributed by atoms with Gasteiger partial charge >= 0.3 is 0 Å². The summed E-state index contributed by atoms with van der Waals surface area (Å²) >= 11 is 0. The van der Waals surface area contributed by atoms with E-state index in [-0.39, 0.29) is 23.6 Å². The van der Waals surface area contributed by atoms with Crippen LogP contribution in [0, 0.1) is 0 Å². The van der Waals surface area contributed by atoms with Crippen LogP contribution in [0.5, 0.6) is 5.88 Å². The highest BCUT2D eigenvalue weighted by molar-refractivity contribution is 7.93. The Balaban J connectivity index is 1.50. The second-order valence-electron chi connectivity index (χ2n) is 7.99. The van der Waals surface area contributed by atoms with Gasteiger partial charge in [0.05, 0.1) is 41.3 Å². The Hall–Kier alpha value is -3.67. The third-order valence-electron chi connectivity index (χ3n) is 5.44. The molecule has 2 N–H and O–H groups in total. The first-order valence-electron chi connectivity index (χ1n) is 11.1. The van der Waals surface area contributed by atoms with Crippen molar-refractivity contribution in [3.63, 3.8) is 0 Å². The van der Waals surface area contributed by atoms with Crippen molar-refractivity contribution in [3.8, 4) is 17.1 Å². The number of hydrogen-bond donors (Lipinski definition) is 2. The lowest BCUT2D eigenvalue weighted by atomic mass is 9.96. The first kappa shape index (κ1) is 24.5. The van der Waals surface area contributed by atoms with E-state index in [0.717, 1.165) is 0 Å². The summed E-state index contributed by atoms with van der Waals surface area (Å²) in [5.74, 6) is -0.455. The van der Waals surface area contributed by atoms with Gasteiger partial charge in [-0.1, -0.05) is 6.92 Å². The molecule has 3 aromatic heterocycles. The van der Waals surface area contributed by atoms with Crippen LogP contribution in [0.1, 0.15) is 38.8 Å². The van der Waals surface area contributed by atoms with Crippen LogP contribution in [0.25, 0.3) is 11.3 Å². The second-order valence-corrected chi connectivity index (χ2v) is 9.95. The van der Waals surface area contributed by atoms with E-state index >= 15 is 4.39 Å². The van der Waals surface area contributed by atoms with E-state index in [1.165, 1.54) is 43.7 Å². The van der Waals surface area contributed by atoms with Crippen LogP contribution in [-0.4, -0.2) is 46.1 Å². The number of carbonyl (C=O) groups is 1. The number of pyridine rings is 2. The quantitative estimate of drug-likeness (QED) is 0.432. The first-order valence-corrected chi connectivity index (χ1v) is 12.7. The molecule has 10 nitrogen and oxygen atoms in total. The molecule has 3 heterocycles. The maximum atomic E-state index is 15.9. The maximum absolute atomic E-state index is 15.9. The van der Waals surface area contributed by atoms with Crippen molar-refractivity contribution in [3.05, 3.63) is 54.7 Å². The van der Waals surface area contributed by atoms with Crippen molar-refractivity contribution in [2.75, 3.05) is 16.6 Å². The number of ether oxygens (including phenoxy) is 1. The Morgan fingerprint density at radius 2 is 1.97 bits per heavy atom. The minimum absolute atomic E-state index is 0.133. The van der Waals surface area contributed by atoms with E-state index in [1.54, 1.807) is 12.3 Å². The molecule has 0 aromatic carbocycles. The Morgan fingerprint density at radius 3 is 2.63 bits per heavy atom. The molecular weight excluding hydrogens is 475 g/mol. The minimum atomic E-state index is -3.54. The molecule has 35 heavy (non-hydrogen) atoms. The van der Waals surface area contributed by atoms with Crippen LogP contribution in [0.15, 0.2) is 49.1 Å². The highest BCUT2D eigenvalue weighted by Crippen LogP contribution is 2.33. The number of rotatable bonds is 10. The van der Waals surface area contributed by atoms with Crippen molar-refractivity contribution in [1.82, 2.24) is 19.9 Å². The molecular formula is C23H25FN6O4S. The largest absolute Gasteiger partial charge is 0.477 e. The molecule has 4 rings (SSSR count). The lowest BCUT2D eigenvalue weighted by Gasteiger charge is -2.22. The van der Waals surface area contributed by atoms with Gasteiger partial charge in [-0.15, -0.1) is 0 Å². The molecule has 1 aliphatic carbocycles.